The summed E-state index contributed by atoms with van der Waals surface area (Å²) in [6.45, 7) is 4.19. The normalized spacial score (nSPS) is 19.0. The van der Waals surface area contributed by atoms with E-state index in [1.54, 1.807) is 6.08 Å². The minimum atomic E-state index is -1.58. The summed E-state index contributed by atoms with van der Waals surface area (Å²) in [6.07, 6.45) is 62.1. The van der Waals surface area contributed by atoms with Crippen LogP contribution >= 0.6 is 0 Å². The quantitative estimate of drug-likeness (QED) is 0.0195. The van der Waals surface area contributed by atoms with E-state index in [9.17, 15) is 35.1 Å². The molecule has 0 radical (unpaired) electrons. The van der Waals surface area contributed by atoms with Crippen LogP contribution in [0.15, 0.2) is 60.8 Å². The van der Waals surface area contributed by atoms with Crippen molar-refractivity contribution in [3.8, 4) is 0 Å². The number of carbonyl (C=O) groups excluding carboxylic acids is 2. The minimum absolute atomic E-state index is 0.00258. The van der Waals surface area contributed by atoms with Crippen molar-refractivity contribution in [1.82, 2.24) is 5.32 Å². The molecule has 1 amide bonds. The summed E-state index contributed by atoms with van der Waals surface area (Å²) in [7, 11) is 0. The molecule has 0 aromatic carbocycles. The highest BCUT2D eigenvalue weighted by Crippen LogP contribution is 2.23. The second-order valence-electron chi connectivity index (χ2n) is 22.1. The number of aliphatic hydroxyl groups excluding tert-OH is 5. The maximum atomic E-state index is 13.0. The lowest BCUT2D eigenvalue weighted by atomic mass is 9.99. The second-order valence-corrected chi connectivity index (χ2v) is 22.1. The van der Waals surface area contributed by atoms with Gasteiger partial charge in [-0.05, 0) is 83.5 Å². The molecule has 0 bridgehead atoms. The lowest BCUT2D eigenvalue weighted by Crippen LogP contribution is -2.60. The first-order chi connectivity index (χ1) is 37.7. The van der Waals surface area contributed by atoms with E-state index < -0.39 is 49.5 Å². The summed E-state index contributed by atoms with van der Waals surface area (Å²) < 4.78 is 16.7. The van der Waals surface area contributed by atoms with Gasteiger partial charge in [0.1, 0.15) is 24.4 Å². The van der Waals surface area contributed by atoms with Gasteiger partial charge in [0.15, 0.2) is 6.29 Å². The zero-order chi connectivity index (χ0) is 55.9. The van der Waals surface area contributed by atoms with Crippen molar-refractivity contribution >= 4 is 11.9 Å². The van der Waals surface area contributed by atoms with Gasteiger partial charge in [-0.2, -0.15) is 0 Å². The molecule has 1 aliphatic rings. The molecule has 7 unspecified atom stereocenters. The molecule has 1 saturated heterocycles. The fourth-order valence-corrected chi connectivity index (χ4v) is 9.80. The lowest BCUT2D eigenvalue weighted by Gasteiger charge is -2.40. The molecule has 77 heavy (non-hydrogen) atoms. The smallest absolute Gasteiger partial charge is 0.305 e. The Hall–Kier alpha value is -2.64. The Kier molecular flexibility index (Phi) is 52.0. The number of hydrogen-bond donors (Lipinski definition) is 6. The molecular weight excluding hydrogens is 967 g/mol. The topological polar surface area (TPSA) is 175 Å². The van der Waals surface area contributed by atoms with Crippen molar-refractivity contribution in [2.75, 3.05) is 19.8 Å². The van der Waals surface area contributed by atoms with Crippen molar-refractivity contribution < 1.29 is 49.3 Å². The van der Waals surface area contributed by atoms with Crippen LogP contribution in [0.2, 0.25) is 0 Å². The summed E-state index contributed by atoms with van der Waals surface area (Å²) >= 11 is 0. The van der Waals surface area contributed by atoms with Crippen molar-refractivity contribution in [3.05, 3.63) is 60.8 Å². The maximum Gasteiger partial charge on any atom is 0.305 e. The monoisotopic (exact) mass is 1090 g/mol. The Morgan fingerprint density at radius 2 is 0.922 bits per heavy atom. The number of carbonyl (C=O) groups is 2. The predicted molar refractivity (Wildman–Crippen MR) is 320 cm³/mol. The van der Waals surface area contributed by atoms with Crippen LogP contribution in [0.1, 0.15) is 284 Å². The molecule has 1 fully saturated rings. The Labute approximate surface area is 471 Å². The van der Waals surface area contributed by atoms with Crippen LogP contribution in [0.4, 0.5) is 0 Å². The first kappa shape index (κ1) is 72.4. The van der Waals surface area contributed by atoms with Crippen LogP contribution in [-0.4, -0.2) is 100 Å². The highest BCUT2D eigenvalue weighted by atomic mass is 16.7. The van der Waals surface area contributed by atoms with Crippen molar-refractivity contribution in [3.63, 3.8) is 0 Å². The van der Waals surface area contributed by atoms with Crippen LogP contribution in [0, 0.1) is 0 Å². The van der Waals surface area contributed by atoms with E-state index in [4.69, 9.17) is 14.2 Å². The molecule has 1 heterocycles. The fraction of sp³-hybridized carbons (Fsp3) is 0.818. The largest absolute Gasteiger partial charge is 0.466 e. The highest BCUT2D eigenvalue weighted by molar-refractivity contribution is 5.76. The summed E-state index contributed by atoms with van der Waals surface area (Å²) in [6, 6.07) is -0.842. The van der Waals surface area contributed by atoms with E-state index in [-0.39, 0.29) is 18.5 Å². The third-order valence-electron chi connectivity index (χ3n) is 14.8. The van der Waals surface area contributed by atoms with Crippen molar-refractivity contribution in [2.45, 2.75) is 326 Å². The fourth-order valence-electron chi connectivity index (χ4n) is 9.80. The Morgan fingerprint density at radius 1 is 0.494 bits per heavy atom. The summed E-state index contributed by atoms with van der Waals surface area (Å²) in [5, 5.41) is 54.2. The molecule has 0 saturated carbocycles. The number of ether oxygens (including phenoxy) is 3. The SMILES string of the molecule is CC/C=C/CC/C=C/CC/C=C/C(O)C(COC1OC(CO)C(O)C(O)C1O)NC(=O)CCCCCCCCC/C=C\C/C=C\CCCCCCCCCCCOC(=O)CCCCCCCCCCCCCCCCCC. The number of nitrogens with one attached hydrogen (secondary N) is 1. The van der Waals surface area contributed by atoms with Crippen LogP contribution in [0.5, 0.6) is 0 Å². The number of allylic oxidation sites excluding steroid dienone is 9. The van der Waals surface area contributed by atoms with E-state index >= 15 is 0 Å². The van der Waals surface area contributed by atoms with Gasteiger partial charge in [0.2, 0.25) is 5.91 Å². The predicted octanol–water partition coefficient (Wildman–Crippen LogP) is 15.4. The Morgan fingerprint density at radius 3 is 1.42 bits per heavy atom. The average Bonchev–Trinajstić information content (AvgIpc) is 3.43. The van der Waals surface area contributed by atoms with Crippen LogP contribution in [0.25, 0.3) is 0 Å². The number of hydrogen-bond acceptors (Lipinski definition) is 10. The van der Waals surface area contributed by atoms with Gasteiger partial charge in [-0.25, -0.2) is 0 Å². The number of esters is 1. The molecule has 11 heteroatoms. The minimum Gasteiger partial charge on any atom is -0.466 e. The van der Waals surface area contributed by atoms with E-state index in [2.05, 4.69) is 67.8 Å². The molecule has 7 atom stereocenters. The molecule has 1 aliphatic heterocycles. The summed E-state index contributed by atoms with van der Waals surface area (Å²) in [5.41, 5.74) is 0. The van der Waals surface area contributed by atoms with Gasteiger partial charge in [-0.15, -0.1) is 0 Å². The van der Waals surface area contributed by atoms with E-state index in [1.807, 2.05) is 6.08 Å². The van der Waals surface area contributed by atoms with E-state index in [0.29, 0.717) is 25.9 Å². The molecule has 0 aliphatic carbocycles. The van der Waals surface area contributed by atoms with Gasteiger partial charge >= 0.3 is 5.97 Å². The zero-order valence-corrected chi connectivity index (χ0v) is 49.4. The highest BCUT2D eigenvalue weighted by Gasteiger charge is 2.44. The van der Waals surface area contributed by atoms with Gasteiger partial charge in [-0.1, -0.05) is 248 Å². The van der Waals surface area contributed by atoms with E-state index in [1.165, 1.54) is 154 Å². The molecule has 448 valence electrons. The molecule has 0 aromatic heterocycles. The molecule has 0 aromatic rings. The second kappa shape index (κ2) is 55.3. The standard InChI is InChI=1S/C66H119NO10/c1-3-5-7-9-11-13-15-16-17-28-31-34-38-42-46-50-54-62(71)75-55-51-47-43-39-35-32-29-26-24-22-20-18-19-21-23-25-27-30-33-37-41-45-49-53-61(70)67-58(57-76-66-65(74)64(73)63(72)60(56-68)77-66)59(69)52-48-44-40-36-14-12-10-8-6-4-2/h6,8,14,18,20-21,23,36,48,52,58-60,63-66,68-69,72-74H,3-5,7,9-13,15-17,19,22,24-35,37-47,49-51,53-57H2,1-2H3,(H,67,70)/b8-6+,20-18-,23-21-,36-14+,52-48+. The third kappa shape index (κ3) is 44.8. The Balaban J connectivity index is 2.01. The van der Waals surface area contributed by atoms with Crippen molar-refractivity contribution in [1.29, 1.82) is 0 Å². The number of amides is 1. The summed E-state index contributed by atoms with van der Waals surface area (Å²) in [4.78, 5) is 25.1. The number of aliphatic hydroxyl groups is 5. The van der Waals surface area contributed by atoms with Gasteiger partial charge in [-0.3, -0.25) is 9.59 Å². The van der Waals surface area contributed by atoms with Gasteiger partial charge < -0.3 is 45.1 Å². The first-order valence-electron chi connectivity index (χ1n) is 32.1. The molecule has 6 N–H and O–H groups in total. The zero-order valence-electron chi connectivity index (χ0n) is 49.4. The average molecular weight is 1090 g/mol. The molecule has 1 rings (SSSR count). The van der Waals surface area contributed by atoms with Gasteiger partial charge in [0, 0.05) is 12.8 Å². The maximum absolute atomic E-state index is 13.0. The van der Waals surface area contributed by atoms with E-state index in [0.717, 1.165) is 96.3 Å². The van der Waals surface area contributed by atoms with Crippen LogP contribution in [-0.2, 0) is 23.8 Å². The van der Waals surface area contributed by atoms with Gasteiger partial charge in [0.25, 0.3) is 0 Å². The lowest BCUT2D eigenvalue weighted by molar-refractivity contribution is -0.302. The van der Waals surface area contributed by atoms with Crippen molar-refractivity contribution in [2.24, 2.45) is 0 Å². The Bertz CT molecular complexity index is 1460. The summed E-state index contributed by atoms with van der Waals surface area (Å²) in [5.74, 6) is -0.212. The van der Waals surface area contributed by atoms with Crippen LogP contribution < -0.4 is 5.32 Å². The van der Waals surface area contributed by atoms with Crippen LogP contribution in [0.3, 0.4) is 0 Å². The molecular formula is C66H119NO10. The third-order valence-corrected chi connectivity index (χ3v) is 14.8. The number of rotatable bonds is 55. The number of unbranched alkanes of at least 4 members (excludes halogenated alkanes) is 33. The molecule has 0 spiro atoms. The first-order valence-corrected chi connectivity index (χ1v) is 32.1. The molecule has 11 nitrogen and oxygen atoms in total. The van der Waals surface area contributed by atoms with Gasteiger partial charge in [0.05, 0.1) is 32.0 Å².